The number of carbonyl (C=O) groups excluding carboxylic acids is 3. The summed E-state index contributed by atoms with van der Waals surface area (Å²) in [5, 5.41) is 6.41. The summed E-state index contributed by atoms with van der Waals surface area (Å²) in [6.45, 7) is 4.04. The Hall–Kier alpha value is -3.93. The van der Waals surface area contributed by atoms with Crippen LogP contribution in [0.1, 0.15) is 54.4 Å². The van der Waals surface area contributed by atoms with Crippen LogP contribution < -0.4 is 10.6 Å². The molecule has 48 heavy (non-hydrogen) atoms. The van der Waals surface area contributed by atoms with Gasteiger partial charge in [0.2, 0.25) is 5.91 Å². The van der Waals surface area contributed by atoms with E-state index in [0.29, 0.717) is 73.2 Å². The largest absolute Gasteiger partial charge is 0.453 e. The van der Waals surface area contributed by atoms with Crippen molar-refractivity contribution in [1.82, 2.24) is 15.5 Å². The van der Waals surface area contributed by atoms with Gasteiger partial charge >= 0.3 is 6.09 Å². The molecule has 0 unspecified atom stereocenters. The number of benzene rings is 3. The van der Waals surface area contributed by atoms with Crippen molar-refractivity contribution in [3.63, 3.8) is 0 Å². The summed E-state index contributed by atoms with van der Waals surface area (Å²) in [6, 6.07) is 12.4. The molecule has 2 aliphatic heterocycles. The molecule has 2 saturated heterocycles. The lowest BCUT2D eigenvalue weighted by atomic mass is 9.81. The highest BCUT2D eigenvalue weighted by Crippen LogP contribution is 2.33. The van der Waals surface area contributed by atoms with E-state index in [2.05, 4.69) is 10.6 Å². The third kappa shape index (κ3) is 8.56. The van der Waals surface area contributed by atoms with Gasteiger partial charge in [0, 0.05) is 56.5 Å². The Kier molecular flexibility index (Phi) is 11.4. The first kappa shape index (κ1) is 35.4. The average Bonchev–Trinajstić information content (AvgIpc) is 3.04. The molecule has 2 fully saturated rings. The Bertz CT molecular complexity index is 1610. The molecular weight excluding hydrogens is 647 g/mol. The summed E-state index contributed by atoms with van der Waals surface area (Å²) < 4.78 is 55.7. The molecule has 3 aromatic carbocycles. The number of hydrogen-bond donors (Lipinski definition) is 2. The van der Waals surface area contributed by atoms with Gasteiger partial charge in [0.15, 0.2) is 5.78 Å². The van der Waals surface area contributed by atoms with Gasteiger partial charge in [-0.05, 0) is 78.3 Å². The first-order valence-electron chi connectivity index (χ1n) is 16.0. The lowest BCUT2D eigenvalue weighted by Gasteiger charge is -2.46. The summed E-state index contributed by atoms with van der Waals surface area (Å²) in [5.74, 6) is -3.71. The van der Waals surface area contributed by atoms with Crippen molar-refractivity contribution < 1.29 is 37.0 Å². The van der Waals surface area contributed by atoms with E-state index < -0.39 is 46.9 Å². The fraction of sp³-hybridized carbons (Fsp3) is 0.417. The van der Waals surface area contributed by atoms with E-state index in [0.717, 1.165) is 19.2 Å². The van der Waals surface area contributed by atoms with Crippen LogP contribution in [0.15, 0.2) is 60.7 Å². The second-order valence-electron chi connectivity index (χ2n) is 12.5. The first-order chi connectivity index (χ1) is 23.0. The molecule has 256 valence electrons. The van der Waals surface area contributed by atoms with Crippen LogP contribution in [0.5, 0.6) is 0 Å². The summed E-state index contributed by atoms with van der Waals surface area (Å²) in [5.41, 5.74) is 0.933. The van der Waals surface area contributed by atoms with E-state index in [1.165, 1.54) is 12.1 Å². The fourth-order valence-corrected chi connectivity index (χ4v) is 6.90. The number of nitrogens with one attached hydrogen (secondary N) is 2. The smallest absolute Gasteiger partial charge is 0.407 e. The quantitative estimate of drug-likeness (QED) is 0.283. The number of nitrogens with zero attached hydrogens (tertiary/aromatic N) is 1. The molecule has 12 heteroatoms. The number of piperidine rings is 1. The Labute approximate surface area is 282 Å². The highest BCUT2D eigenvalue weighted by molar-refractivity contribution is 6.30. The number of alkyl carbamates (subject to hydrolysis) is 1. The molecule has 2 N–H and O–H groups in total. The van der Waals surface area contributed by atoms with E-state index in [-0.39, 0.29) is 30.4 Å². The Morgan fingerprint density at radius 1 is 1.04 bits per heavy atom. The topological polar surface area (TPSA) is 97.0 Å². The molecular formula is C36H39ClF3N3O5. The lowest BCUT2D eigenvalue weighted by molar-refractivity contribution is -0.153. The van der Waals surface area contributed by atoms with Crippen LogP contribution >= 0.6 is 11.6 Å². The van der Waals surface area contributed by atoms with E-state index in [9.17, 15) is 23.2 Å². The first-order valence-corrected chi connectivity index (χ1v) is 16.3. The van der Waals surface area contributed by atoms with E-state index in [1.807, 2.05) is 4.90 Å². The van der Waals surface area contributed by atoms with Gasteiger partial charge in [0.25, 0.3) is 0 Å². The highest BCUT2D eigenvalue weighted by atomic mass is 35.5. The van der Waals surface area contributed by atoms with Crippen molar-refractivity contribution in [3.05, 3.63) is 105 Å². The molecule has 5 rings (SSSR count). The number of ether oxygens (including phenoxy) is 2. The van der Waals surface area contributed by atoms with E-state index >= 15 is 4.39 Å². The minimum absolute atomic E-state index is 0.0402. The second kappa shape index (κ2) is 15.5. The zero-order valence-corrected chi connectivity index (χ0v) is 27.6. The maximum atomic E-state index is 15.4. The number of rotatable bonds is 10. The van der Waals surface area contributed by atoms with Gasteiger partial charge in [-0.25, -0.2) is 18.0 Å². The van der Waals surface area contributed by atoms with Crippen LogP contribution in [0.25, 0.3) is 0 Å². The number of ketones is 1. The highest BCUT2D eigenvalue weighted by Gasteiger charge is 2.40. The number of likely N-dealkylation sites (tertiary alicyclic amines) is 1. The number of morpholine rings is 1. The number of Topliss-reactive ketones (excluding diaryl/α,β-unsaturated/α-hetero) is 1. The predicted molar refractivity (Wildman–Crippen MR) is 174 cm³/mol. The predicted octanol–water partition coefficient (Wildman–Crippen LogP) is 5.73. The molecule has 8 nitrogen and oxygen atoms in total. The molecule has 2 amide bonds. The lowest BCUT2D eigenvalue weighted by Crippen LogP contribution is -2.58. The van der Waals surface area contributed by atoms with Gasteiger partial charge in [0.1, 0.15) is 23.5 Å². The molecule has 2 aliphatic rings. The second-order valence-corrected chi connectivity index (χ2v) is 12.9. The minimum atomic E-state index is -1.34. The molecule has 1 spiro atoms. The third-order valence-electron chi connectivity index (χ3n) is 9.26. The summed E-state index contributed by atoms with van der Waals surface area (Å²) in [4.78, 5) is 40.3. The van der Waals surface area contributed by atoms with Crippen LogP contribution in [0.4, 0.5) is 18.0 Å². The summed E-state index contributed by atoms with van der Waals surface area (Å²) in [6.07, 6.45) is 0.751. The number of carbonyl (C=O) groups is 3. The van der Waals surface area contributed by atoms with Crippen LogP contribution in [0.3, 0.4) is 0 Å². The molecule has 0 radical (unpaired) electrons. The van der Waals surface area contributed by atoms with Gasteiger partial charge in [-0.2, -0.15) is 0 Å². The average molecular weight is 686 g/mol. The van der Waals surface area contributed by atoms with Crippen LogP contribution in [0.2, 0.25) is 5.02 Å². The molecule has 0 bridgehead atoms. The number of amides is 2. The van der Waals surface area contributed by atoms with Gasteiger partial charge in [-0.15, -0.1) is 0 Å². The third-order valence-corrected chi connectivity index (χ3v) is 9.52. The Morgan fingerprint density at radius 2 is 1.73 bits per heavy atom. The summed E-state index contributed by atoms with van der Waals surface area (Å²) in [7, 11) is 1.14. The maximum absolute atomic E-state index is 15.4. The number of hydrogen-bond acceptors (Lipinski definition) is 6. The van der Waals surface area contributed by atoms with Crippen molar-refractivity contribution in [2.75, 3.05) is 33.3 Å². The Morgan fingerprint density at radius 3 is 2.38 bits per heavy atom. The van der Waals surface area contributed by atoms with E-state index in [1.54, 1.807) is 37.3 Å². The van der Waals surface area contributed by atoms with Gasteiger partial charge in [-0.1, -0.05) is 35.9 Å². The van der Waals surface area contributed by atoms with Crippen LogP contribution in [-0.2, 0) is 31.9 Å². The summed E-state index contributed by atoms with van der Waals surface area (Å²) >= 11 is 6.11. The van der Waals surface area contributed by atoms with Crippen molar-refractivity contribution in [2.24, 2.45) is 0 Å². The van der Waals surface area contributed by atoms with Crippen molar-refractivity contribution in [1.29, 1.82) is 0 Å². The molecule has 0 saturated carbocycles. The normalized spacial score (nSPS) is 18.6. The Balaban J connectivity index is 1.39. The van der Waals surface area contributed by atoms with Crippen molar-refractivity contribution in [2.45, 2.75) is 62.7 Å². The zero-order valence-electron chi connectivity index (χ0n) is 26.9. The SMILES string of the molecule is COC(=O)N[C@H](C(=O)Cc1cccc(F)c1CC[C@@H]1CNCC2(CCN(C(C)=O)CC2)O1)[C@@H](c1ccc(Cl)cc1)c1cc(F)cc(F)c1. The van der Waals surface area contributed by atoms with Crippen LogP contribution in [0, 0.1) is 17.5 Å². The molecule has 3 atom stereocenters. The van der Waals surface area contributed by atoms with Crippen molar-refractivity contribution >= 4 is 29.4 Å². The zero-order chi connectivity index (χ0) is 34.4. The molecule has 2 heterocycles. The standard InChI is InChI=1S/C36H39ClF3N3O5/c1-22(44)43-14-12-36(13-15-43)21-41-20-29(48-36)10-11-30-24(4-3-5-31(30)40)18-32(45)34(42-35(46)47-2)33(23-6-8-26(37)9-7-23)25-16-27(38)19-28(39)17-25/h3-9,16-17,19,29,33-34,41H,10-15,18,20-21H2,1-2H3,(H,42,46)/t29-,33+,34-/m1/s1. The van der Waals surface area contributed by atoms with Gasteiger partial charge < -0.3 is 25.0 Å². The van der Waals surface area contributed by atoms with Crippen LogP contribution in [-0.4, -0.2) is 73.7 Å². The fourth-order valence-electron chi connectivity index (χ4n) is 6.77. The maximum Gasteiger partial charge on any atom is 0.407 e. The van der Waals surface area contributed by atoms with Crippen molar-refractivity contribution in [3.8, 4) is 0 Å². The number of methoxy groups -OCH3 is 1. The number of halogens is 4. The molecule has 0 aliphatic carbocycles. The minimum Gasteiger partial charge on any atom is -0.453 e. The molecule has 3 aromatic rings. The van der Waals surface area contributed by atoms with Gasteiger partial charge in [-0.3, -0.25) is 9.59 Å². The molecule has 0 aromatic heterocycles. The van der Waals surface area contributed by atoms with E-state index in [4.69, 9.17) is 21.1 Å². The van der Waals surface area contributed by atoms with Gasteiger partial charge in [0.05, 0.1) is 18.8 Å². The monoisotopic (exact) mass is 685 g/mol.